The van der Waals surface area contributed by atoms with Crippen molar-refractivity contribution in [1.82, 2.24) is 0 Å². The van der Waals surface area contributed by atoms with Crippen molar-refractivity contribution in [1.29, 1.82) is 0 Å². The summed E-state index contributed by atoms with van der Waals surface area (Å²) in [6.07, 6.45) is 9.96. The Bertz CT molecular complexity index is 66.4. The summed E-state index contributed by atoms with van der Waals surface area (Å²) in [6.45, 7) is 18.9. The van der Waals surface area contributed by atoms with E-state index in [1.165, 1.54) is 44.9 Å². The number of rotatable bonds is 7. The van der Waals surface area contributed by atoms with Crippen molar-refractivity contribution in [3.8, 4) is 0 Å². The molecule has 0 aliphatic heterocycles. The van der Waals surface area contributed by atoms with Crippen LogP contribution in [0, 0.1) is 5.92 Å². The zero-order chi connectivity index (χ0) is 14.5. The van der Waals surface area contributed by atoms with E-state index in [1.54, 1.807) is 0 Å². The molecule has 0 nitrogen and oxygen atoms in total. The van der Waals surface area contributed by atoms with Crippen LogP contribution in [0.15, 0.2) is 0 Å². The molecule has 0 saturated carbocycles. The van der Waals surface area contributed by atoms with Crippen molar-refractivity contribution in [2.75, 3.05) is 0 Å². The van der Waals surface area contributed by atoms with E-state index in [1.807, 2.05) is 41.5 Å². The van der Waals surface area contributed by atoms with Crippen LogP contribution >= 0.6 is 0 Å². The summed E-state index contributed by atoms with van der Waals surface area (Å²) in [7, 11) is 0. The van der Waals surface area contributed by atoms with E-state index in [2.05, 4.69) is 20.8 Å². The molecule has 0 rings (SSSR count). The minimum Gasteiger partial charge on any atom is -0.0683 e. The van der Waals surface area contributed by atoms with Gasteiger partial charge in [0.2, 0.25) is 0 Å². The van der Waals surface area contributed by atoms with Gasteiger partial charge < -0.3 is 0 Å². The number of hydrogen-bond donors (Lipinski definition) is 0. The van der Waals surface area contributed by atoms with Gasteiger partial charge in [0.15, 0.2) is 0 Å². The molecule has 0 heteroatoms. The molecular formula is C17H42. The third-order valence-electron chi connectivity index (χ3n) is 2.50. The minimum atomic E-state index is 0.955. The SMILES string of the molecule is CC.CC.CC.CCCCCCCC(C)CC. The van der Waals surface area contributed by atoms with Gasteiger partial charge in [0.05, 0.1) is 0 Å². The smallest absolute Gasteiger partial charge is 0.0445 e. The third-order valence-corrected chi connectivity index (χ3v) is 2.50. The fourth-order valence-electron chi connectivity index (χ4n) is 1.30. The van der Waals surface area contributed by atoms with Crippen LogP contribution in [0.5, 0.6) is 0 Å². The Kier molecular flexibility index (Phi) is 54.5. The Morgan fingerprint density at radius 3 is 1.41 bits per heavy atom. The maximum absolute atomic E-state index is 2.36. The second-order valence-electron chi connectivity index (χ2n) is 3.72. The highest BCUT2D eigenvalue weighted by Crippen LogP contribution is 2.13. The van der Waals surface area contributed by atoms with E-state index in [4.69, 9.17) is 0 Å². The van der Waals surface area contributed by atoms with Gasteiger partial charge in [-0.3, -0.25) is 0 Å². The van der Waals surface area contributed by atoms with Crippen molar-refractivity contribution < 1.29 is 0 Å². The van der Waals surface area contributed by atoms with Gasteiger partial charge in [-0.25, -0.2) is 0 Å². The van der Waals surface area contributed by atoms with Gasteiger partial charge in [0, 0.05) is 0 Å². The van der Waals surface area contributed by atoms with Gasteiger partial charge in [-0.1, -0.05) is 107 Å². The van der Waals surface area contributed by atoms with Crippen molar-refractivity contribution in [2.24, 2.45) is 5.92 Å². The maximum Gasteiger partial charge on any atom is -0.0445 e. The van der Waals surface area contributed by atoms with Gasteiger partial charge in [-0.15, -0.1) is 0 Å². The summed E-state index contributed by atoms with van der Waals surface area (Å²) in [5.41, 5.74) is 0. The van der Waals surface area contributed by atoms with Gasteiger partial charge in [-0.05, 0) is 5.92 Å². The van der Waals surface area contributed by atoms with E-state index in [0.29, 0.717) is 0 Å². The zero-order valence-corrected chi connectivity index (χ0v) is 14.5. The lowest BCUT2D eigenvalue weighted by Gasteiger charge is -2.06. The highest BCUT2D eigenvalue weighted by Gasteiger charge is 1.97. The molecule has 0 saturated heterocycles. The van der Waals surface area contributed by atoms with Crippen molar-refractivity contribution >= 4 is 0 Å². The lowest BCUT2D eigenvalue weighted by atomic mass is 10.0. The molecule has 0 radical (unpaired) electrons. The molecular weight excluding hydrogens is 204 g/mol. The van der Waals surface area contributed by atoms with Crippen LogP contribution in [0.4, 0.5) is 0 Å². The number of unbranched alkanes of at least 4 members (excludes halogenated alkanes) is 4. The quantitative estimate of drug-likeness (QED) is 0.409. The first-order valence-electron chi connectivity index (χ1n) is 8.31. The van der Waals surface area contributed by atoms with E-state index in [0.717, 1.165) is 5.92 Å². The van der Waals surface area contributed by atoms with E-state index in [-0.39, 0.29) is 0 Å². The van der Waals surface area contributed by atoms with E-state index >= 15 is 0 Å². The maximum atomic E-state index is 2.36. The highest BCUT2D eigenvalue weighted by molar-refractivity contribution is 4.50. The molecule has 0 aromatic rings. The van der Waals surface area contributed by atoms with Crippen LogP contribution < -0.4 is 0 Å². The Balaban J connectivity index is -0.000000121. The zero-order valence-electron chi connectivity index (χ0n) is 14.5. The molecule has 0 aromatic heterocycles. The molecule has 0 aliphatic carbocycles. The minimum absolute atomic E-state index is 0.955. The molecule has 0 fully saturated rings. The fraction of sp³-hybridized carbons (Fsp3) is 1.00. The van der Waals surface area contributed by atoms with E-state index < -0.39 is 0 Å². The standard InChI is InChI=1S/C11H24.3C2H6/c1-4-6-7-8-9-10-11(3)5-2;3*1-2/h11H,4-10H2,1-3H3;3*1-2H3. The van der Waals surface area contributed by atoms with Gasteiger partial charge in [0.1, 0.15) is 0 Å². The molecule has 0 aromatic carbocycles. The Morgan fingerprint density at radius 2 is 1.06 bits per heavy atom. The molecule has 110 valence electrons. The van der Waals surface area contributed by atoms with Gasteiger partial charge in [-0.2, -0.15) is 0 Å². The van der Waals surface area contributed by atoms with Gasteiger partial charge >= 0.3 is 0 Å². The normalized spacial score (nSPS) is 9.71. The number of hydrogen-bond acceptors (Lipinski definition) is 0. The molecule has 0 amide bonds. The van der Waals surface area contributed by atoms with Crippen LogP contribution in [0.2, 0.25) is 0 Å². The molecule has 0 heterocycles. The van der Waals surface area contributed by atoms with Crippen LogP contribution in [0.25, 0.3) is 0 Å². The van der Waals surface area contributed by atoms with Crippen molar-refractivity contribution in [3.63, 3.8) is 0 Å². The molecule has 0 bridgehead atoms. The Labute approximate surface area is 114 Å². The molecule has 0 aliphatic rings. The second kappa shape index (κ2) is 36.0. The predicted octanol–water partition coefficient (Wildman–Crippen LogP) is 7.47. The van der Waals surface area contributed by atoms with E-state index in [9.17, 15) is 0 Å². The van der Waals surface area contributed by atoms with Gasteiger partial charge in [0.25, 0.3) is 0 Å². The first-order chi connectivity index (χ1) is 8.31. The van der Waals surface area contributed by atoms with Crippen molar-refractivity contribution in [3.05, 3.63) is 0 Å². The first kappa shape index (κ1) is 25.8. The molecule has 17 heavy (non-hydrogen) atoms. The fourth-order valence-corrected chi connectivity index (χ4v) is 1.30. The molecule has 1 unspecified atom stereocenters. The third kappa shape index (κ3) is 38.7. The highest BCUT2D eigenvalue weighted by atomic mass is 14.0. The average Bonchev–Trinajstić information content (AvgIpc) is 2.45. The predicted molar refractivity (Wildman–Crippen MR) is 86.9 cm³/mol. The summed E-state index contributed by atoms with van der Waals surface area (Å²) in [5, 5.41) is 0. The van der Waals surface area contributed by atoms with Crippen LogP contribution in [0.3, 0.4) is 0 Å². The molecule has 1 atom stereocenters. The summed E-state index contributed by atoms with van der Waals surface area (Å²) < 4.78 is 0. The lowest BCUT2D eigenvalue weighted by molar-refractivity contribution is 0.474. The monoisotopic (exact) mass is 246 g/mol. The largest absolute Gasteiger partial charge is 0.0683 e. The molecule has 0 spiro atoms. The lowest BCUT2D eigenvalue weighted by Crippen LogP contribution is -1.91. The molecule has 0 N–H and O–H groups in total. The Morgan fingerprint density at radius 1 is 0.647 bits per heavy atom. The Hall–Kier alpha value is 0. The summed E-state index contributed by atoms with van der Waals surface area (Å²) >= 11 is 0. The summed E-state index contributed by atoms with van der Waals surface area (Å²) in [6, 6.07) is 0. The summed E-state index contributed by atoms with van der Waals surface area (Å²) in [4.78, 5) is 0. The topological polar surface area (TPSA) is 0 Å². The van der Waals surface area contributed by atoms with Crippen molar-refractivity contribution in [2.45, 2.75) is 107 Å². The average molecular weight is 247 g/mol. The van der Waals surface area contributed by atoms with Crippen LogP contribution in [-0.2, 0) is 0 Å². The summed E-state index contributed by atoms with van der Waals surface area (Å²) in [5.74, 6) is 0.955. The second-order valence-corrected chi connectivity index (χ2v) is 3.72. The van der Waals surface area contributed by atoms with Crippen LogP contribution in [0.1, 0.15) is 107 Å². The first-order valence-corrected chi connectivity index (χ1v) is 8.31. The van der Waals surface area contributed by atoms with Crippen LogP contribution in [-0.4, -0.2) is 0 Å².